The van der Waals surface area contributed by atoms with Crippen LogP contribution in [0.2, 0.25) is 5.02 Å². The minimum absolute atomic E-state index is 0.0561. The number of pyridine rings is 1. The van der Waals surface area contributed by atoms with Crippen LogP contribution in [0, 0.1) is 0 Å². The number of hydrogen-bond donors (Lipinski definition) is 0. The SMILES string of the molecule is O=C(CCc1ncc(-c2ccc(Cl)cc2)o1)N(Cc1cccnc1)CC1CCCO1. The molecule has 1 unspecified atom stereocenters. The van der Waals surface area contributed by atoms with E-state index in [1.165, 1.54) is 0 Å². The third kappa shape index (κ3) is 5.46. The molecule has 0 N–H and O–H groups in total. The lowest BCUT2D eigenvalue weighted by Crippen LogP contribution is -2.37. The molecule has 0 saturated carbocycles. The molecule has 2 aromatic heterocycles. The molecule has 1 aromatic carbocycles. The summed E-state index contributed by atoms with van der Waals surface area (Å²) in [6.45, 7) is 1.88. The average molecular weight is 426 g/mol. The number of oxazole rings is 1. The van der Waals surface area contributed by atoms with Crippen molar-refractivity contribution in [1.29, 1.82) is 0 Å². The van der Waals surface area contributed by atoms with Crippen molar-refractivity contribution < 1.29 is 13.9 Å². The molecule has 7 heteroatoms. The summed E-state index contributed by atoms with van der Waals surface area (Å²) in [6, 6.07) is 11.3. The smallest absolute Gasteiger partial charge is 0.223 e. The van der Waals surface area contributed by atoms with Crippen LogP contribution in [-0.4, -0.2) is 40.0 Å². The van der Waals surface area contributed by atoms with Crippen molar-refractivity contribution in [2.75, 3.05) is 13.2 Å². The van der Waals surface area contributed by atoms with E-state index in [1.807, 2.05) is 41.3 Å². The minimum atomic E-state index is 0.0561. The molecule has 0 radical (unpaired) electrons. The molecule has 1 atom stereocenters. The molecule has 0 spiro atoms. The van der Waals surface area contributed by atoms with Gasteiger partial charge in [0.2, 0.25) is 5.91 Å². The van der Waals surface area contributed by atoms with E-state index in [1.54, 1.807) is 18.6 Å². The predicted molar refractivity (Wildman–Crippen MR) is 114 cm³/mol. The number of halogens is 1. The molecule has 1 aliphatic rings. The number of carbonyl (C=O) groups excluding carboxylic acids is 1. The second-order valence-electron chi connectivity index (χ2n) is 7.40. The molecule has 1 saturated heterocycles. The Morgan fingerprint density at radius 2 is 2.07 bits per heavy atom. The van der Waals surface area contributed by atoms with Gasteiger partial charge >= 0.3 is 0 Å². The Morgan fingerprint density at radius 1 is 1.20 bits per heavy atom. The van der Waals surface area contributed by atoms with Crippen molar-refractivity contribution in [3.05, 3.63) is 71.5 Å². The zero-order valence-corrected chi connectivity index (χ0v) is 17.4. The number of aryl methyl sites for hydroxylation is 1. The average Bonchev–Trinajstić information content (AvgIpc) is 3.45. The van der Waals surface area contributed by atoms with E-state index in [-0.39, 0.29) is 12.0 Å². The first kappa shape index (κ1) is 20.6. The Labute approximate surface area is 180 Å². The fourth-order valence-corrected chi connectivity index (χ4v) is 3.67. The molecule has 1 fully saturated rings. The van der Waals surface area contributed by atoms with Crippen LogP contribution in [-0.2, 0) is 22.5 Å². The topological polar surface area (TPSA) is 68.5 Å². The van der Waals surface area contributed by atoms with Crippen LogP contribution in [0.4, 0.5) is 0 Å². The van der Waals surface area contributed by atoms with Gasteiger partial charge in [-0.25, -0.2) is 4.98 Å². The summed E-state index contributed by atoms with van der Waals surface area (Å²) >= 11 is 5.94. The van der Waals surface area contributed by atoms with Crippen LogP contribution >= 0.6 is 11.6 Å². The van der Waals surface area contributed by atoms with Crippen molar-refractivity contribution in [3.63, 3.8) is 0 Å². The van der Waals surface area contributed by atoms with Crippen molar-refractivity contribution in [2.24, 2.45) is 0 Å². The highest BCUT2D eigenvalue weighted by atomic mass is 35.5. The summed E-state index contributed by atoms with van der Waals surface area (Å²) in [7, 11) is 0. The largest absolute Gasteiger partial charge is 0.441 e. The number of amides is 1. The van der Waals surface area contributed by atoms with Crippen molar-refractivity contribution >= 4 is 17.5 Å². The van der Waals surface area contributed by atoms with Gasteiger partial charge in [-0.05, 0) is 48.7 Å². The molecule has 0 bridgehead atoms. The fraction of sp³-hybridized carbons (Fsp3) is 0.348. The van der Waals surface area contributed by atoms with E-state index in [4.69, 9.17) is 20.8 Å². The fourth-order valence-electron chi connectivity index (χ4n) is 3.55. The molecular formula is C23H24ClN3O3. The molecular weight excluding hydrogens is 402 g/mol. The second kappa shape index (κ2) is 9.87. The molecule has 156 valence electrons. The number of nitrogens with zero attached hydrogens (tertiary/aromatic N) is 3. The number of ether oxygens (including phenoxy) is 1. The van der Waals surface area contributed by atoms with E-state index in [2.05, 4.69) is 9.97 Å². The minimum Gasteiger partial charge on any atom is -0.441 e. The van der Waals surface area contributed by atoms with Gasteiger partial charge in [-0.2, -0.15) is 0 Å². The lowest BCUT2D eigenvalue weighted by Gasteiger charge is -2.25. The first-order valence-corrected chi connectivity index (χ1v) is 10.5. The van der Waals surface area contributed by atoms with Gasteiger partial charge < -0.3 is 14.1 Å². The highest BCUT2D eigenvalue weighted by Gasteiger charge is 2.23. The third-order valence-corrected chi connectivity index (χ3v) is 5.38. The van der Waals surface area contributed by atoms with Crippen LogP contribution in [0.1, 0.15) is 30.7 Å². The maximum absolute atomic E-state index is 13.0. The van der Waals surface area contributed by atoms with E-state index >= 15 is 0 Å². The summed E-state index contributed by atoms with van der Waals surface area (Å²) in [5.74, 6) is 1.27. The van der Waals surface area contributed by atoms with Crippen LogP contribution in [0.5, 0.6) is 0 Å². The highest BCUT2D eigenvalue weighted by Crippen LogP contribution is 2.23. The van der Waals surface area contributed by atoms with Crippen LogP contribution in [0.25, 0.3) is 11.3 Å². The van der Waals surface area contributed by atoms with Gasteiger partial charge in [0.1, 0.15) is 0 Å². The van der Waals surface area contributed by atoms with Gasteiger partial charge in [0.05, 0.1) is 12.3 Å². The highest BCUT2D eigenvalue weighted by molar-refractivity contribution is 6.30. The Hall–Kier alpha value is -2.70. The zero-order valence-electron chi connectivity index (χ0n) is 16.7. The molecule has 3 heterocycles. The van der Waals surface area contributed by atoms with Gasteiger partial charge in [-0.1, -0.05) is 17.7 Å². The number of hydrogen-bond acceptors (Lipinski definition) is 5. The summed E-state index contributed by atoms with van der Waals surface area (Å²) in [5.41, 5.74) is 1.91. The Balaban J connectivity index is 1.38. The molecule has 30 heavy (non-hydrogen) atoms. The van der Waals surface area contributed by atoms with Crippen LogP contribution < -0.4 is 0 Å². The predicted octanol–water partition coefficient (Wildman–Crippen LogP) is 4.53. The quantitative estimate of drug-likeness (QED) is 0.530. The second-order valence-corrected chi connectivity index (χ2v) is 7.83. The Morgan fingerprint density at radius 3 is 2.80 bits per heavy atom. The van der Waals surface area contributed by atoms with Crippen molar-refractivity contribution in [1.82, 2.24) is 14.9 Å². The van der Waals surface area contributed by atoms with Gasteiger partial charge in [-0.15, -0.1) is 0 Å². The number of benzene rings is 1. The molecule has 1 aliphatic heterocycles. The van der Waals surface area contributed by atoms with Gasteiger partial charge in [0, 0.05) is 55.5 Å². The van der Waals surface area contributed by atoms with Gasteiger partial charge in [0.15, 0.2) is 11.7 Å². The third-order valence-electron chi connectivity index (χ3n) is 5.13. The van der Waals surface area contributed by atoms with Crippen LogP contribution in [0.15, 0.2) is 59.4 Å². The van der Waals surface area contributed by atoms with E-state index in [0.717, 1.165) is 30.6 Å². The first-order valence-electron chi connectivity index (χ1n) is 10.2. The molecule has 4 rings (SSSR count). The molecule has 0 aliphatic carbocycles. The zero-order chi connectivity index (χ0) is 20.8. The lowest BCUT2D eigenvalue weighted by atomic mass is 10.2. The summed E-state index contributed by atoms with van der Waals surface area (Å²) < 4.78 is 11.6. The van der Waals surface area contributed by atoms with E-state index in [0.29, 0.717) is 42.6 Å². The van der Waals surface area contributed by atoms with Crippen LogP contribution in [0.3, 0.4) is 0 Å². The monoisotopic (exact) mass is 425 g/mol. The Bertz CT molecular complexity index is 953. The maximum atomic E-state index is 13.0. The maximum Gasteiger partial charge on any atom is 0.223 e. The number of aromatic nitrogens is 2. The van der Waals surface area contributed by atoms with E-state index in [9.17, 15) is 4.79 Å². The standard InChI is InChI=1S/C23H24ClN3O3/c24-19-7-5-18(6-8-19)21-14-26-22(30-21)9-10-23(28)27(16-20-4-2-12-29-20)15-17-3-1-11-25-13-17/h1,3,5-8,11,13-14,20H,2,4,9-10,12,15-16H2. The Kier molecular flexibility index (Phi) is 6.77. The molecule has 1 amide bonds. The number of rotatable bonds is 8. The lowest BCUT2D eigenvalue weighted by molar-refractivity contribution is -0.133. The summed E-state index contributed by atoms with van der Waals surface area (Å²) in [5, 5.41) is 0.670. The molecule has 3 aromatic rings. The van der Waals surface area contributed by atoms with Crippen molar-refractivity contribution in [2.45, 2.75) is 38.3 Å². The molecule has 6 nitrogen and oxygen atoms in total. The van der Waals surface area contributed by atoms with Gasteiger partial charge in [-0.3, -0.25) is 9.78 Å². The summed E-state index contributed by atoms with van der Waals surface area (Å²) in [4.78, 5) is 23.3. The number of carbonyl (C=O) groups is 1. The normalized spacial score (nSPS) is 16.0. The van der Waals surface area contributed by atoms with Crippen molar-refractivity contribution in [3.8, 4) is 11.3 Å². The van der Waals surface area contributed by atoms with Gasteiger partial charge in [0.25, 0.3) is 0 Å². The summed E-state index contributed by atoms with van der Waals surface area (Å²) in [6.07, 6.45) is 8.12. The first-order chi connectivity index (χ1) is 14.7. The van der Waals surface area contributed by atoms with E-state index < -0.39 is 0 Å².